The van der Waals surface area contributed by atoms with Gasteiger partial charge >= 0.3 is 5.97 Å². The number of hydrogen-bond acceptors (Lipinski definition) is 5. The molecular formula is C20H24N2O5. The van der Waals surface area contributed by atoms with Crippen LogP contribution >= 0.6 is 0 Å². The molecule has 0 bridgehead atoms. The quantitative estimate of drug-likeness (QED) is 0.608. The fourth-order valence-corrected chi connectivity index (χ4v) is 3.62. The first kappa shape index (κ1) is 19.1. The van der Waals surface area contributed by atoms with E-state index < -0.39 is 30.4 Å². The first-order chi connectivity index (χ1) is 13.0. The molecule has 1 heterocycles. The summed E-state index contributed by atoms with van der Waals surface area (Å²) in [6.07, 6.45) is 5.84. The molecule has 7 heteroatoms. The van der Waals surface area contributed by atoms with Gasteiger partial charge in [0.25, 0.3) is 17.7 Å². The second-order valence-electron chi connectivity index (χ2n) is 7.12. The van der Waals surface area contributed by atoms with Crippen molar-refractivity contribution in [3.05, 3.63) is 35.4 Å². The summed E-state index contributed by atoms with van der Waals surface area (Å²) in [5.41, 5.74) is 0.541. The van der Waals surface area contributed by atoms with Crippen LogP contribution in [0.1, 0.15) is 59.7 Å². The molecule has 1 aromatic carbocycles. The molecule has 0 unspecified atom stereocenters. The lowest BCUT2D eigenvalue weighted by atomic mass is 9.89. The highest BCUT2D eigenvalue weighted by Gasteiger charge is 2.41. The highest BCUT2D eigenvalue weighted by Crippen LogP contribution is 2.25. The smallest absolute Gasteiger partial charge is 0.329 e. The number of nitrogens with zero attached hydrogens (tertiary/aromatic N) is 1. The second kappa shape index (κ2) is 8.33. The van der Waals surface area contributed by atoms with Crippen molar-refractivity contribution in [3.8, 4) is 0 Å². The van der Waals surface area contributed by atoms with E-state index in [1.165, 1.54) is 26.2 Å². The summed E-state index contributed by atoms with van der Waals surface area (Å²) in [6, 6.07) is 5.32. The van der Waals surface area contributed by atoms with Crippen molar-refractivity contribution in [2.45, 2.75) is 45.1 Å². The number of imide groups is 1. The zero-order valence-electron chi connectivity index (χ0n) is 15.4. The predicted molar refractivity (Wildman–Crippen MR) is 96.9 cm³/mol. The van der Waals surface area contributed by atoms with Gasteiger partial charge in [0.05, 0.1) is 11.1 Å². The lowest BCUT2D eigenvalue weighted by molar-refractivity contribution is -0.151. The van der Waals surface area contributed by atoms with E-state index in [0.717, 1.165) is 17.7 Å². The molecule has 1 N–H and O–H groups in total. The van der Waals surface area contributed by atoms with Gasteiger partial charge in [-0.1, -0.05) is 31.4 Å². The van der Waals surface area contributed by atoms with Gasteiger partial charge in [0.2, 0.25) is 0 Å². The average Bonchev–Trinajstić information content (AvgIpc) is 2.95. The van der Waals surface area contributed by atoms with Gasteiger partial charge < -0.3 is 10.1 Å². The molecule has 1 saturated carbocycles. The van der Waals surface area contributed by atoms with Crippen molar-refractivity contribution >= 4 is 23.7 Å². The molecule has 0 spiro atoms. The number of hydrogen-bond donors (Lipinski definition) is 1. The zero-order chi connectivity index (χ0) is 19.4. The number of rotatable bonds is 6. The molecule has 1 aliphatic heterocycles. The molecule has 1 aliphatic carbocycles. The Morgan fingerprint density at radius 3 is 2.30 bits per heavy atom. The van der Waals surface area contributed by atoms with Crippen molar-refractivity contribution in [2.75, 3.05) is 13.2 Å². The summed E-state index contributed by atoms with van der Waals surface area (Å²) in [4.78, 5) is 49.8. The zero-order valence-corrected chi connectivity index (χ0v) is 15.4. The molecule has 0 saturated heterocycles. The number of amides is 3. The van der Waals surface area contributed by atoms with Crippen LogP contribution in [0.15, 0.2) is 24.3 Å². The molecule has 0 aromatic heterocycles. The summed E-state index contributed by atoms with van der Waals surface area (Å²) in [7, 11) is 0. The van der Waals surface area contributed by atoms with Crippen molar-refractivity contribution in [2.24, 2.45) is 5.92 Å². The molecular weight excluding hydrogens is 348 g/mol. The number of ether oxygens (including phenoxy) is 1. The summed E-state index contributed by atoms with van der Waals surface area (Å²) in [5.74, 6) is -1.72. The van der Waals surface area contributed by atoms with Crippen LogP contribution < -0.4 is 5.32 Å². The van der Waals surface area contributed by atoms with E-state index in [2.05, 4.69) is 5.32 Å². The first-order valence-electron chi connectivity index (χ1n) is 9.39. The van der Waals surface area contributed by atoms with Gasteiger partial charge in [-0.15, -0.1) is 0 Å². The molecule has 1 aromatic rings. The molecule has 27 heavy (non-hydrogen) atoms. The van der Waals surface area contributed by atoms with E-state index in [9.17, 15) is 19.2 Å². The van der Waals surface area contributed by atoms with E-state index in [4.69, 9.17) is 4.74 Å². The van der Waals surface area contributed by atoms with Crippen LogP contribution in [-0.2, 0) is 14.3 Å². The van der Waals surface area contributed by atoms with Crippen LogP contribution in [0.4, 0.5) is 0 Å². The first-order valence-corrected chi connectivity index (χ1v) is 9.39. The number of fused-ring (bicyclic) bond motifs is 1. The van der Waals surface area contributed by atoms with Gasteiger partial charge in [0.1, 0.15) is 6.04 Å². The second-order valence-corrected chi connectivity index (χ2v) is 7.12. The Morgan fingerprint density at radius 2 is 1.70 bits per heavy atom. The van der Waals surface area contributed by atoms with Crippen molar-refractivity contribution < 1.29 is 23.9 Å². The van der Waals surface area contributed by atoms with Gasteiger partial charge in [-0.05, 0) is 37.8 Å². The molecule has 3 amide bonds. The van der Waals surface area contributed by atoms with Gasteiger partial charge in [0, 0.05) is 6.54 Å². The Hall–Kier alpha value is -2.70. The van der Waals surface area contributed by atoms with Crippen LogP contribution in [0.25, 0.3) is 0 Å². The molecule has 3 rings (SSSR count). The Balaban J connectivity index is 1.49. The fourth-order valence-electron chi connectivity index (χ4n) is 3.62. The van der Waals surface area contributed by atoms with Crippen molar-refractivity contribution in [3.63, 3.8) is 0 Å². The van der Waals surface area contributed by atoms with E-state index in [1.54, 1.807) is 24.3 Å². The summed E-state index contributed by atoms with van der Waals surface area (Å²) < 4.78 is 5.02. The molecule has 144 valence electrons. The highest BCUT2D eigenvalue weighted by molar-refractivity contribution is 6.22. The van der Waals surface area contributed by atoms with Gasteiger partial charge in [-0.2, -0.15) is 0 Å². The minimum absolute atomic E-state index is 0.271. The third kappa shape index (κ3) is 4.18. The third-order valence-electron chi connectivity index (χ3n) is 5.21. The van der Waals surface area contributed by atoms with Crippen LogP contribution in [0.2, 0.25) is 0 Å². The maximum Gasteiger partial charge on any atom is 0.329 e. The Morgan fingerprint density at radius 1 is 1.11 bits per heavy atom. The minimum atomic E-state index is -1.09. The Labute approximate surface area is 158 Å². The number of carbonyl (C=O) groups is 4. The maximum absolute atomic E-state index is 12.4. The monoisotopic (exact) mass is 372 g/mol. The van der Waals surface area contributed by atoms with Crippen molar-refractivity contribution in [1.29, 1.82) is 0 Å². The number of carbonyl (C=O) groups excluding carboxylic acids is 4. The normalized spacial score (nSPS) is 18.2. The van der Waals surface area contributed by atoms with Crippen molar-refractivity contribution in [1.82, 2.24) is 10.2 Å². The molecule has 2 aliphatic rings. The maximum atomic E-state index is 12.4. The van der Waals surface area contributed by atoms with Gasteiger partial charge in [-0.3, -0.25) is 19.3 Å². The molecule has 1 fully saturated rings. The molecule has 7 nitrogen and oxygen atoms in total. The number of benzene rings is 1. The molecule has 0 radical (unpaired) electrons. The van der Waals surface area contributed by atoms with Crippen LogP contribution in [0.5, 0.6) is 0 Å². The van der Waals surface area contributed by atoms with E-state index in [-0.39, 0.29) is 17.0 Å². The van der Waals surface area contributed by atoms with Gasteiger partial charge in [0.15, 0.2) is 6.61 Å². The summed E-state index contributed by atoms with van der Waals surface area (Å²) >= 11 is 0. The van der Waals surface area contributed by atoms with E-state index in [1.807, 2.05) is 0 Å². The third-order valence-corrected chi connectivity index (χ3v) is 5.21. The summed E-state index contributed by atoms with van der Waals surface area (Å²) in [5, 5.41) is 2.78. The van der Waals surface area contributed by atoms with Crippen LogP contribution in [0, 0.1) is 5.92 Å². The fraction of sp³-hybridized carbons (Fsp3) is 0.500. The molecule has 1 atom stereocenters. The topological polar surface area (TPSA) is 92.8 Å². The number of esters is 1. The Bertz CT molecular complexity index is 719. The predicted octanol–water partition coefficient (Wildman–Crippen LogP) is 1.91. The SMILES string of the molecule is C[C@H](C(=O)OCC(=O)NCC1CCCCC1)N1C(=O)c2ccccc2C1=O. The van der Waals surface area contributed by atoms with Gasteiger partial charge in [-0.25, -0.2) is 4.79 Å². The van der Waals surface area contributed by atoms with Crippen LogP contribution in [-0.4, -0.2) is 47.8 Å². The summed E-state index contributed by atoms with van der Waals surface area (Å²) in [6.45, 7) is 1.59. The standard InChI is InChI=1S/C20H24N2O5/c1-13(22-18(24)15-9-5-6-10-16(15)19(22)25)20(26)27-12-17(23)21-11-14-7-3-2-4-8-14/h5-6,9-10,13-14H,2-4,7-8,11-12H2,1H3,(H,21,23)/t13-/m1/s1. The largest absolute Gasteiger partial charge is 0.454 e. The van der Waals surface area contributed by atoms with E-state index >= 15 is 0 Å². The lowest BCUT2D eigenvalue weighted by Crippen LogP contribution is -2.44. The Kier molecular flexibility index (Phi) is 5.88. The highest BCUT2D eigenvalue weighted by atomic mass is 16.5. The number of nitrogens with one attached hydrogen (secondary N) is 1. The van der Waals surface area contributed by atoms with E-state index in [0.29, 0.717) is 12.5 Å². The average molecular weight is 372 g/mol. The lowest BCUT2D eigenvalue weighted by Gasteiger charge is -2.22. The minimum Gasteiger partial charge on any atom is -0.454 e. The van der Waals surface area contributed by atoms with Crippen LogP contribution in [0.3, 0.4) is 0 Å².